The van der Waals surface area contributed by atoms with E-state index in [2.05, 4.69) is 4.99 Å². The summed E-state index contributed by atoms with van der Waals surface area (Å²) in [5, 5.41) is 9.08. The zero-order valence-electron chi connectivity index (χ0n) is 8.74. The second-order valence-corrected chi connectivity index (χ2v) is 2.99. The van der Waals surface area contributed by atoms with Crippen molar-refractivity contribution in [3.63, 3.8) is 0 Å². The molecule has 0 aromatic heterocycles. The molecule has 0 rings (SSSR count). The SMILES string of the molecule is CC(=O)C(/C=N/C(=O)N(C)C)=C(/C)O. The van der Waals surface area contributed by atoms with Crippen molar-refractivity contribution in [3.05, 3.63) is 11.3 Å². The Labute approximate surface area is 82.7 Å². The van der Waals surface area contributed by atoms with E-state index in [0.717, 1.165) is 6.21 Å². The standard InChI is InChI=1S/C9H14N2O3/c1-6(12)8(7(2)13)5-10-9(14)11(3)4/h5,12H,1-4H3/b8-6-,10-5+. The molecule has 0 aromatic carbocycles. The number of rotatable bonds is 2. The molecule has 0 unspecified atom stereocenters. The van der Waals surface area contributed by atoms with E-state index in [4.69, 9.17) is 5.11 Å². The van der Waals surface area contributed by atoms with Crippen LogP contribution in [-0.2, 0) is 4.79 Å². The highest BCUT2D eigenvalue weighted by atomic mass is 16.3. The van der Waals surface area contributed by atoms with Crippen molar-refractivity contribution in [3.8, 4) is 0 Å². The van der Waals surface area contributed by atoms with Gasteiger partial charge in [-0.25, -0.2) is 9.79 Å². The van der Waals surface area contributed by atoms with Crippen molar-refractivity contribution in [1.29, 1.82) is 0 Å². The summed E-state index contributed by atoms with van der Waals surface area (Å²) in [4.78, 5) is 26.7. The second kappa shape index (κ2) is 5.16. The van der Waals surface area contributed by atoms with Gasteiger partial charge in [-0.2, -0.15) is 0 Å². The molecule has 0 saturated carbocycles. The van der Waals surface area contributed by atoms with Crippen LogP contribution in [0.4, 0.5) is 4.79 Å². The van der Waals surface area contributed by atoms with Gasteiger partial charge in [0.1, 0.15) is 5.76 Å². The Balaban J connectivity index is 4.73. The summed E-state index contributed by atoms with van der Waals surface area (Å²) in [7, 11) is 3.09. The Hall–Kier alpha value is -1.65. The van der Waals surface area contributed by atoms with E-state index in [0.29, 0.717) is 0 Å². The van der Waals surface area contributed by atoms with Gasteiger partial charge in [-0.1, -0.05) is 0 Å². The van der Waals surface area contributed by atoms with E-state index in [1.54, 1.807) is 14.1 Å². The van der Waals surface area contributed by atoms with Crippen LogP contribution in [0.15, 0.2) is 16.3 Å². The predicted molar refractivity (Wildman–Crippen MR) is 53.6 cm³/mol. The largest absolute Gasteiger partial charge is 0.512 e. The van der Waals surface area contributed by atoms with Crippen LogP contribution in [0.1, 0.15) is 13.8 Å². The minimum atomic E-state index is -0.481. The topological polar surface area (TPSA) is 70.0 Å². The van der Waals surface area contributed by atoms with Crippen LogP contribution >= 0.6 is 0 Å². The fraction of sp³-hybridized carbons (Fsp3) is 0.444. The molecule has 5 heteroatoms. The molecule has 1 N–H and O–H groups in total. The van der Waals surface area contributed by atoms with Crippen LogP contribution in [0.25, 0.3) is 0 Å². The lowest BCUT2D eigenvalue weighted by molar-refractivity contribution is -0.113. The van der Waals surface area contributed by atoms with Crippen molar-refractivity contribution in [2.75, 3.05) is 14.1 Å². The first-order valence-corrected chi connectivity index (χ1v) is 4.02. The Bertz CT molecular complexity index is 299. The Morgan fingerprint density at radius 1 is 1.29 bits per heavy atom. The van der Waals surface area contributed by atoms with E-state index in [9.17, 15) is 9.59 Å². The first-order valence-electron chi connectivity index (χ1n) is 4.02. The molecule has 2 amide bonds. The number of Topliss-reactive ketones (excluding diaryl/α,β-unsaturated/α-hetero) is 1. The van der Waals surface area contributed by atoms with Gasteiger partial charge < -0.3 is 10.0 Å². The molecular formula is C9H14N2O3. The molecule has 0 aliphatic rings. The van der Waals surface area contributed by atoms with Crippen molar-refractivity contribution in [2.24, 2.45) is 4.99 Å². The number of hydrogen-bond acceptors (Lipinski definition) is 3. The lowest BCUT2D eigenvalue weighted by Crippen LogP contribution is -2.18. The third-order valence-electron chi connectivity index (χ3n) is 1.46. The minimum absolute atomic E-state index is 0.0419. The minimum Gasteiger partial charge on any atom is -0.512 e. The zero-order valence-corrected chi connectivity index (χ0v) is 8.74. The molecular weight excluding hydrogens is 184 g/mol. The van der Waals surface area contributed by atoms with E-state index < -0.39 is 6.03 Å². The van der Waals surface area contributed by atoms with E-state index in [1.165, 1.54) is 18.7 Å². The van der Waals surface area contributed by atoms with E-state index in [1.807, 2.05) is 0 Å². The molecule has 0 spiro atoms. The van der Waals surface area contributed by atoms with Gasteiger partial charge in [-0.15, -0.1) is 0 Å². The number of allylic oxidation sites excluding steroid dienone is 2. The number of carbonyl (C=O) groups is 2. The van der Waals surface area contributed by atoms with Crippen LogP contribution < -0.4 is 0 Å². The van der Waals surface area contributed by atoms with Gasteiger partial charge in [0.25, 0.3) is 0 Å². The number of amides is 2. The summed E-state index contributed by atoms with van der Waals surface area (Å²) in [5.74, 6) is -0.479. The summed E-state index contributed by atoms with van der Waals surface area (Å²) < 4.78 is 0. The quantitative estimate of drug-likeness (QED) is 0.411. The van der Waals surface area contributed by atoms with Gasteiger partial charge in [0.15, 0.2) is 5.78 Å². The van der Waals surface area contributed by atoms with Crippen LogP contribution in [-0.4, -0.2) is 42.1 Å². The van der Waals surface area contributed by atoms with E-state index in [-0.39, 0.29) is 17.1 Å². The molecule has 0 aliphatic carbocycles. The molecule has 0 saturated heterocycles. The highest BCUT2D eigenvalue weighted by molar-refractivity contribution is 6.14. The summed E-state index contributed by atoms with van der Waals surface area (Å²) in [5.41, 5.74) is 0.0419. The number of aliphatic imine (C=N–C) groups is 1. The normalized spacial score (nSPS) is 12.6. The van der Waals surface area contributed by atoms with Crippen molar-refractivity contribution < 1.29 is 14.7 Å². The number of aliphatic hydroxyl groups excluding tert-OH is 1. The van der Waals surface area contributed by atoms with Crippen LogP contribution in [0.3, 0.4) is 0 Å². The first-order chi connectivity index (χ1) is 6.36. The van der Waals surface area contributed by atoms with Gasteiger partial charge in [-0.3, -0.25) is 4.79 Å². The van der Waals surface area contributed by atoms with E-state index >= 15 is 0 Å². The van der Waals surface area contributed by atoms with Crippen molar-refractivity contribution in [2.45, 2.75) is 13.8 Å². The fourth-order valence-corrected chi connectivity index (χ4v) is 0.674. The molecule has 5 nitrogen and oxygen atoms in total. The summed E-state index contributed by atoms with van der Waals surface area (Å²) in [6, 6.07) is -0.481. The first kappa shape index (κ1) is 12.3. The maximum absolute atomic E-state index is 11.0. The van der Waals surface area contributed by atoms with Crippen LogP contribution in [0.2, 0.25) is 0 Å². The lowest BCUT2D eigenvalue weighted by Gasteiger charge is -2.04. The Kier molecular flexibility index (Phi) is 4.55. The molecule has 0 radical (unpaired) electrons. The molecule has 14 heavy (non-hydrogen) atoms. The zero-order chi connectivity index (χ0) is 11.3. The number of carbonyl (C=O) groups excluding carboxylic acids is 2. The fourth-order valence-electron chi connectivity index (χ4n) is 0.674. The Morgan fingerprint density at radius 2 is 1.79 bits per heavy atom. The highest BCUT2D eigenvalue weighted by Gasteiger charge is 2.06. The number of ketones is 1. The molecule has 0 atom stereocenters. The summed E-state index contributed by atoms with van der Waals surface area (Å²) in [6.45, 7) is 2.66. The number of hydrogen-bond donors (Lipinski definition) is 1. The highest BCUT2D eigenvalue weighted by Crippen LogP contribution is 1.99. The van der Waals surface area contributed by atoms with Gasteiger partial charge in [0.05, 0.1) is 5.57 Å². The second-order valence-electron chi connectivity index (χ2n) is 2.99. The molecule has 0 heterocycles. The third-order valence-corrected chi connectivity index (χ3v) is 1.46. The van der Waals surface area contributed by atoms with Gasteiger partial charge in [0.2, 0.25) is 0 Å². The number of aliphatic hydroxyl groups is 1. The lowest BCUT2D eigenvalue weighted by atomic mass is 10.2. The van der Waals surface area contributed by atoms with Gasteiger partial charge >= 0.3 is 6.03 Å². The predicted octanol–water partition coefficient (Wildman–Crippen LogP) is 1.16. The monoisotopic (exact) mass is 198 g/mol. The molecule has 0 aromatic rings. The molecule has 0 bridgehead atoms. The van der Waals surface area contributed by atoms with Crippen molar-refractivity contribution in [1.82, 2.24) is 4.90 Å². The maximum Gasteiger partial charge on any atom is 0.342 e. The molecule has 0 fully saturated rings. The Morgan fingerprint density at radius 3 is 2.07 bits per heavy atom. The van der Waals surface area contributed by atoms with Gasteiger partial charge in [0, 0.05) is 20.3 Å². The average Bonchev–Trinajstić information content (AvgIpc) is 2.02. The molecule has 78 valence electrons. The number of urea groups is 1. The number of nitrogens with zero attached hydrogens (tertiary/aromatic N) is 2. The maximum atomic E-state index is 11.0. The van der Waals surface area contributed by atoms with Crippen molar-refractivity contribution >= 4 is 18.0 Å². The van der Waals surface area contributed by atoms with Crippen LogP contribution in [0, 0.1) is 0 Å². The summed E-state index contributed by atoms with van der Waals surface area (Å²) >= 11 is 0. The molecule has 0 aliphatic heterocycles. The smallest absolute Gasteiger partial charge is 0.342 e. The summed E-state index contributed by atoms with van der Waals surface area (Å²) in [6.07, 6.45) is 1.07. The van der Waals surface area contributed by atoms with Gasteiger partial charge in [-0.05, 0) is 13.8 Å². The third kappa shape index (κ3) is 3.84. The van der Waals surface area contributed by atoms with Crippen LogP contribution in [0.5, 0.6) is 0 Å². The average molecular weight is 198 g/mol.